The summed E-state index contributed by atoms with van der Waals surface area (Å²) >= 11 is 0. The molecular weight excluding hydrogens is 455 g/mol. The van der Waals surface area contributed by atoms with E-state index in [2.05, 4.69) is 15.1 Å². The molecule has 0 N–H and O–H groups in total. The molecule has 0 amide bonds. The highest BCUT2D eigenvalue weighted by Gasteiger charge is 2.30. The van der Waals surface area contributed by atoms with Crippen molar-refractivity contribution in [1.82, 2.24) is 24.7 Å². The van der Waals surface area contributed by atoms with Crippen molar-refractivity contribution in [3.05, 3.63) is 71.9 Å². The van der Waals surface area contributed by atoms with Crippen molar-refractivity contribution in [3.8, 4) is 11.3 Å². The van der Waals surface area contributed by atoms with E-state index in [4.69, 9.17) is 9.72 Å². The molecule has 4 heterocycles. The van der Waals surface area contributed by atoms with Gasteiger partial charge in [0.15, 0.2) is 5.65 Å². The van der Waals surface area contributed by atoms with Crippen molar-refractivity contribution in [2.75, 3.05) is 13.2 Å². The van der Waals surface area contributed by atoms with Crippen molar-refractivity contribution in [2.45, 2.75) is 50.7 Å². The number of halogens is 3. The summed E-state index contributed by atoms with van der Waals surface area (Å²) in [5.74, 6) is 0.845. The zero-order chi connectivity index (χ0) is 24.4. The number of nitrogens with zero attached hydrogens (tertiary/aromatic N) is 5. The van der Waals surface area contributed by atoms with Gasteiger partial charge >= 0.3 is 6.18 Å². The molecule has 6 rings (SSSR count). The smallest absolute Gasteiger partial charge is 0.381 e. The van der Waals surface area contributed by atoms with Gasteiger partial charge in [-0.3, -0.25) is 4.68 Å². The van der Waals surface area contributed by atoms with Gasteiger partial charge < -0.3 is 4.74 Å². The molecule has 0 spiro atoms. The Morgan fingerprint density at radius 3 is 2.29 bits per heavy atom. The van der Waals surface area contributed by atoms with Crippen molar-refractivity contribution >= 4 is 11.0 Å². The van der Waals surface area contributed by atoms with Gasteiger partial charge in [-0.2, -0.15) is 18.3 Å². The summed E-state index contributed by atoms with van der Waals surface area (Å²) in [5.41, 5.74) is 1.96. The highest BCUT2D eigenvalue weighted by molar-refractivity contribution is 5.90. The molecule has 0 radical (unpaired) electrons. The van der Waals surface area contributed by atoms with Crippen LogP contribution in [0.1, 0.15) is 54.7 Å². The Morgan fingerprint density at radius 1 is 0.914 bits per heavy atom. The predicted molar refractivity (Wildman–Crippen MR) is 126 cm³/mol. The number of hydrogen-bond donors (Lipinski definition) is 0. The molecule has 35 heavy (non-hydrogen) atoms. The van der Waals surface area contributed by atoms with Gasteiger partial charge in [0.25, 0.3) is 0 Å². The Bertz CT molecular complexity index is 1280. The normalized spacial score (nSPS) is 16.7. The molecule has 2 fully saturated rings. The molecule has 1 saturated carbocycles. The number of fused-ring (bicyclic) bond motifs is 1. The average Bonchev–Trinajstić information content (AvgIpc) is 3.57. The first-order chi connectivity index (χ1) is 16.9. The molecule has 0 atom stereocenters. The molecule has 1 saturated heterocycles. The minimum absolute atomic E-state index is 0.165. The van der Waals surface area contributed by atoms with E-state index in [1.54, 1.807) is 0 Å². The quantitative estimate of drug-likeness (QED) is 0.352. The van der Waals surface area contributed by atoms with Gasteiger partial charge in [-0.1, -0.05) is 12.1 Å². The predicted octanol–water partition coefficient (Wildman–Crippen LogP) is 6.13. The van der Waals surface area contributed by atoms with Crippen LogP contribution in [0.15, 0.2) is 54.9 Å². The van der Waals surface area contributed by atoms with Crippen molar-refractivity contribution in [1.29, 1.82) is 0 Å². The van der Waals surface area contributed by atoms with E-state index in [-0.39, 0.29) is 5.92 Å². The Morgan fingerprint density at radius 2 is 1.66 bits per heavy atom. The fourth-order valence-corrected chi connectivity index (χ4v) is 4.13. The lowest BCUT2D eigenvalue weighted by Crippen LogP contribution is -2.17. The summed E-state index contributed by atoms with van der Waals surface area (Å²) in [6.45, 7) is 3.19. The standard InChI is InChI=1S/C20H18F3N3O.C6H8N2/c1-12-2-7-16-17(13-3-5-15(6-4-13)20(21,22)23)25-18(26-19(16)24-12)14-8-10-27-11-9-14;1-4-7-8(5-1)6-2-3-6/h2-7,14H,8-11H2,1H3;1,4-6H,2-3H2. The number of aryl methyl sites for hydroxylation is 1. The Labute approximate surface area is 201 Å². The van der Waals surface area contributed by atoms with Crippen LogP contribution < -0.4 is 0 Å². The van der Waals surface area contributed by atoms with Crippen LogP contribution in [0.5, 0.6) is 0 Å². The summed E-state index contributed by atoms with van der Waals surface area (Å²) in [4.78, 5) is 13.9. The minimum atomic E-state index is -4.36. The molecule has 9 heteroatoms. The molecule has 1 aliphatic carbocycles. The Kier molecular flexibility index (Phi) is 6.51. The summed E-state index contributed by atoms with van der Waals surface area (Å²) in [6.07, 6.45) is 3.78. The molecule has 0 bridgehead atoms. The zero-order valence-corrected chi connectivity index (χ0v) is 19.4. The molecule has 2 aliphatic rings. The van der Waals surface area contributed by atoms with E-state index >= 15 is 0 Å². The first kappa shape index (κ1) is 23.4. The molecular formula is C26H26F3N5O. The van der Waals surface area contributed by atoms with Crippen molar-refractivity contribution in [3.63, 3.8) is 0 Å². The number of hydrogen-bond acceptors (Lipinski definition) is 5. The zero-order valence-electron chi connectivity index (χ0n) is 19.4. The number of aromatic nitrogens is 5. The molecule has 1 aromatic carbocycles. The van der Waals surface area contributed by atoms with E-state index < -0.39 is 11.7 Å². The molecule has 1 aliphatic heterocycles. The van der Waals surface area contributed by atoms with E-state index in [9.17, 15) is 13.2 Å². The van der Waals surface area contributed by atoms with Crippen molar-refractivity contribution < 1.29 is 17.9 Å². The lowest BCUT2D eigenvalue weighted by Gasteiger charge is -2.21. The highest BCUT2D eigenvalue weighted by atomic mass is 19.4. The molecule has 182 valence electrons. The van der Waals surface area contributed by atoms with Crippen LogP contribution in [0.2, 0.25) is 0 Å². The van der Waals surface area contributed by atoms with E-state index in [1.807, 2.05) is 42.2 Å². The average molecular weight is 482 g/mol. The molecule has 3 aromatic heterocycles. The van der Waals surface area contributed by atoms with Crippen LogP contribution in [0, 0.1) is 6.92 Å². The third kappa shape index (κ3) is 5.51. The minimum Gasteiger partial charge on any atom is -0.381 e. The Balaban J connectivity index is 0.000000265. The third-order valence-corrected chi connectivity index (χ3v) is 6.23. The van der Waals surface area contributed by atoms with Crippen molar-refractivity contribution in [2.24, 2.45) is 0 Å². The third-order valence-electron chi connectivity index (χ3n) is 6.23. The first-order valence-corrected chi connectivity index (χ1v) is 11.8. The van der Waals surface area contributed by atoms with Crippen LogP contribution in [0.4, 0.5) is 13.2 Å². The maximum absolute atomic E-state index is 12.9. The summed E-state index contributed by atoms with van der Waals surface area (Å²) in [6, 6.07) is 11.5. The lowest BCUT2D eigenvalue weighted by molar-refractivity contribution is -0.137. The van der Waals surface area contributed by atoms with Gasteiger partial charge in [-0.15, -0.1) is 0 Å². The van der Waals surface area contributed by atoms with Gasteiger partial charge in [-0.25, -0.2) is 15.0 Å². The number of benzene rings is 1. The van der Waals surface area contributed by atoms with E-state index in [0.29, 0.717) is 35.9 Å². The van der Waals surface area contributed by atoms with Gasteiger partial charge in [-0.05, 0) is 62.9 Å². The second-order valence-corrected chi connectivity index (χ2v) is 8.93. The molecule has 6 nitrogen and oxygen atoms in total. The van der Waals surface area contributed by atoms with Gasteiger partial charge in [0, 0.05) is 48.2 Å². The largest absolute Gasteiger partial charge is 0.416 e. The number of rotatable bonds is 3. The summed E-state index contributed by atoms with van der Waals surface area (Å²) in [7, 11) is 0. The highest BCUT2D eigenvalue weighted by Crippen LogP contribution is 2.34. The SMILES string of the molecule is Cc1ccc2c(-c3ccc(C(F)(F)F)cc3)nc(C3CCOCC3)nc2n1.c1cnn(C2CC2)c1. The fourth-order valence-electron chi connectivity index (χ4n) is 4.13. The van der Waals surface area contributed by atoms with E-state index in [1.165, 1.54) is 25.0 Å². The van der Waals surface area contributed by atoms with Crippen LogP contribution >= 0.6 is 0 Å². The monoisotopic (exact) mass is 481 g/mol. The fraction of sp³-hybridized carbons (Fsp3) is 0.385. The van der Waals surface area contributed by atoms with Gasteiger partial charge in [0.1, 0.15) is 5.82 Å². The topological polar surface area (TPSA) is 65.7 Å². The second-order valence-electron chi connectivity index (χ2n) is 8.93. The molecule has 0 unspecified atom stereocenters. The first-order valence-electron chi connectivity index (χ1n) is 11.8. The van der Waals surface area contributed by atoms with E-state index in [0.717, 1.165) is 42.1 Å². The maximum atomic E-state index is 12.9. The number of alkyl halides is 3. The number of ether oxygens (including phenoxy) is 1. The molecule has 4 aromatic rings. The van der Waals surface area contributed by atoms with Crippen LogP contribution in [0.3, 0.4) is 0 Å². The summed E-state index contributed by atoms with van der Waals surface area (Å²) < 4.78 is 46.1. The van der Waals surface area contributed by atoms with Crippen LogP contribution in [-0.4, -0.2) is 37.9 Å². The maximum Gasteiger partial charge on any atom is 0.416 e. The van der Waals surface area contributed by atoms with Gasteiger partial charge in [0.2, 0.25) is 0 Å². The van der Waals surface area contributed by atoms with Gasteiger partial charge in [0.05, 0.1) is 17.3 Å². The van der Waals surface area contributed by atoms with Crippen LogP contribution in [0.25, 0.3) is 22.3 Å². The summed E-state index contributed by atoms with van der Waals surface area (Å²) in [5, 5.41) is 4.83. The number of pyridine rings is 1. The lowest BCUT2D eigenvalue weighted by atomic mass is 9.98. The second kappa shape index (κ2) is 9.73. The van der Waals surface area contributed by atoms with Crippen LogP contribution in [-0.2, 0) is 10.9 Å². The Hall–Kier alpha value is -3.33.